The molecule has 0 saturated carbocycles. The number of benzene rings is 2. The second-order valence-corrected chi connectivity index (χ2v) is 8.28. The molecular weight excluding hydrogens is 434 g/mol. The summed E-state index contributed by atoms with van der Waals surface area (Å²) in [4.78, 5) is 27.1. The molecule has 1 saturated heterocycles. The molecule has 2 amide bonds. The average molecular weight is 456 g/mol. The predicted octanol–water partition coefficient (Wildman–Crippen LogP) is 2.68. The fraction of sp³-hybridized carbons (Fsp3) is 0.286. The highest BCUT2D eigenvalue weighted by molar-refractivity contribution is 9.10. The van der Waals surface area contributed by atoms with Crippen LogP contribution >= 0.6 is 15.9 Å². The Balaban J connectivity index is 1.33. The zero-order chi connectivity index (χ0) is 20.4. The number of anilines is 1. The van der Waals surface area contributed by atoms with Gasteiger partial charge in [0.05, 0.1) is 23.7 Å². The Morgan fingerprint density at radius 3 is 2.86 bits per heavy atom. The van der Waals surface area contributed by atoms with Crippen LogP contribution in [0.1, 0.15) is 12.0 Å². The Bertz CT molecular complexity index is 1030. The summed E-state index contributed by atoms with van der Waals surface area (Å²) in [6.45, 7) is 0.943. The summed E-state index contributed by atoms with van der Waals surface area (Å²) < 4.78 is 0.987. The lowest BCUT2D eigenvalue weighted by atomic mass is 10.1. The van der Waals surface area contributed by atoms with Gasteiger partial charge in [0.25, 0.3) is 0 Å². The van der Waals surface area contributed by atoms with Crippen molar-refractivity contribution < 1.29 is 9.59 Å². The molecule has 1 aliphatic rings. The molecule has 1 aliphatic heterocycles. The lowest BCUT2D eigenvalue weighted by Gasteiger charge is -2.21. The van der Waals surface area contributed by atoms with Crippen molar-refractivity contribution in [3.63, 3.8) is 0 Å². The van der Waals surface area contributed by atoms with E-state index < -0.39 is 6.04 Å². The first-order valence-corrected chi connectivity index (χ1v) is 10.3. The van der Waals surface area contributed by atoms with E-state index in [0.717, 1.165) is 26.6 Å². The molecule has 0 aliphatic carbocycles. The summed E-state index contributed by atoms with van der Waals surface area (Å²) in [6, 6.07) is 12.8. The molecule has 150 valence electrons. The number of aromatic amines is 1. The maximum absolute atomic E-state index is 12.7. The normalized spacial score (nSPS) is 17.4. The van der Waals surface area contributed by atoms with E-state index >= 15 is 0 Å². The highest BCUT2D eigenvalue weighted by Crippen LogP contribution is 2.22. The fourth-order valence-electron chi connectivity index (χ4n) is 3.64. The number of rotatable bonds is 5. The van der Waals surface area contributed by atoms with Crippen molar-refractivity contribution in [2.75, 3.05) is 18.4 Å². The highest BCUT2D eigenvalue weighted by Gasteiger charge is 2.33. The van der Waals surface area contributed by atoms with Gasteiger partial charge in [0.15, 0.2) is 0 Å². The van der Waals surface area contributed by atoms with Gasteiger partial charge in [-0.2, -0.15) is 5.10 Å². The van der Waals surface area contributed by atoms with Crippen molar-refractivity contribution in [2.24, 2.45) is 11.7 Å². The van der Waals surface area contributed by atoms with Crippen molar-refractivity contribution in [1.29, 1.82) is 0 Å². The monoisotopic (exact) mass is 455 g/mol. The minimum Gasteiger partial charge on any atom is -0.341 e. The third kappa shape index (κ3) is 4.49. The molecular formula is C21H22BrN5O2. The molecule has 0 spiro atoms. The molecule has 7 nitrogen and oxygen atoms in total. The highest BCUT2D eigenvalue weighted by atomic mass is 79.9. The average Bonchev–Trinajstić information content (AvgIpc) is 3.38. The van der Waals surface area contributed by atoms with Crippen molar-refractivity contribution in [3.05, 3.63) is 58.7 Å². The van der Waals surface area contributed by atoms with Crippen molar-refractivity contribution >= 4 is 44.3 Å². The zero-order valence-electron chi connectivity index (χ0n) is 15.8. The van der Waals surface area contributed by atoms with Gasteiger partial charge in [0.2, 0.25) is 11.8 Å². The molecule has 0 radical (unpaired) electrons. The number of H-pyrrole nitrogens is 1. The summed E-state index contributed by atoms with van der Waals surface area (Å²) in [5.74, 6) is -0.425. The predicted molar refractivity (Wildman–Crippen MR) is 115 cm³/mol. The summed E-state index contributed by atoms with van der Waals surface area (Å²) in [5.41, 5.74) is 8.79. The first kappa shape index (κ1) is 19.6. The van der Waals surface area contributed by atoms with Crippen LogP contribution in [0.2, 0.25) is 0 Å². The number of likely N-dealkylation sites (tertiary alicyclic amines) is 1. The molecule has 4 N–H and O–H groups in total. The Morgan fingerprint density at radius 1 is 1.28 bits per heavy atom. The maximum atomic E-state index is 12.7. The lowest BCUT2D eigenvalue weighted by molar-refractivity contribution is -0.131. The zero-order valence-corrected chi connectivity index (χ0v) is 17.4. The van der Waals surface area contributed by atoms with Crippen molar-refractivity contribution in [2.45, 2.75) is 18.9 Å². The molecule has 2 aromatic carbocycles. The Morgan fingerprint density at radius 2 is 2.07 bits per heavy atom. The molecule has 1 aromatic heterocycles. The Kier molecular flexibility index (Phi) is 5.64. The van der Waals surface area contributed by atoms with E-state index in [1.165, 1.54) is 0 Å². The largest absolute Gasteiger partial charge is 0.341 e. The van der Waals surface area contributed by atoms with Crippen LogP contribution in [0.4, 0.5) is 5.69 Å². The number of aromatic nitrogens is 2. The lowest BCUT2D eigenvalue weighted by Crippen LogP contribution is -2.44. The van der Waals surface area contributed by atoms with E-state index in [1.807, 2.05) is 42.5 Å². The van der Waals surface area contributed by atoms with Crippen LogP contribution in [0.15, 0.2) is 53.1 Å². The molecule has 0 unspecified atom stereocenters. The number of nitrogens with one attached hydrogen (secondary N) is 2. The number of amides is 2. The van der Waals surface area contributed by atoms with E-state index in [1.54, 1.807) is 11.1 Å². The number of fused-ring (bicyclic) bond motifs is 1. The molecule has 2 heterocycles. The molecule has 0 bridgehead atoms. The molecule has 2 atom stereocenters. The third-order valence-electron chi connectivity index (χ3n) is 5.26. The minimum atomic E-state index is -0.610. The Labute approximate surface area is 176 Å². The van der Waals surface area contributed by atoms with Crippen LogP contribution in [0, 0.1) is 5.92 Å². The van der Waals surface area contributed by atoms with Crippen LogP contribution < -0.4 is 11.1 Å². The van der Waals surface area contributed by atoms with Gasteiger partial charge < -0.3 is 16.0 Å². The van der Waals surface area contributed by atoms with Crippen LogP contribution in [0.5, 0.6) is 0 Å². The van der Waals surface area contributed by atoms with Gasteiger partial charge in [-0.1, -0.05) is 28.1 Å². The second-order valence-electron chi connectivity index (χ2n) is 7.37. The number of carbonyl (C=O) groups excluding carboxylic acids is 2. The topological polar surface area (TPSA) is 104 Å². The van der Waals surface area contributed by atoms with Gasteiger partial charge in [-0.3, -0.25) is 14.7 Å². The number of carbonyl (C=O) groups is 2. The number of nitrogens with two attached hydrogens (primary N) is 1. The third-order valence-corrected chi connectivity index (χ3v) is 5.79. The van der Waals surface area contributed by atoms with Gasteiger partial charge >= 0.3 is 0 Å². The fourth-order valence-corrected chi connectivity index (χ4v) is 3.90. The van der Waals surface area contributed by atoms with E-state index in [0.29, 0.717) is 25.9 Å². The maximum Gasteiger partial charge on any atom is 0.239 e. The van der Waals surface area contributed by atoms with E-state index in [2.05, 4.69) is 31.4 Å². The molecule has 3 aromatic rings. The van der Waals surface area contributed by atoms with Crippen molar-refractivity contribution in [1.82, 2.24) is 15.1 Å². The van der Waals surface area contributed by atoms with Gasteiger partial charge in [-0.15, -0.1) is 0 Å². The summed E-state index contributed by atoms with van der Waals surface area (Å²) >= 11 is 3.40. The van der Waals surface area contributed by atoms with E-state index in [4.69, 9.17) is 5.73 Å². The van der Waals surface area contributed by atoms with Gasteiger partial charge in [-0.05, 0) is 48.7 Å². The molecule has 4 rings (SSSR count). The standard InChI is InChI=1S/C21H22BrN5O2/c22-16-3-1-13(2-4-16)9-18(23)21(29)27-8-7-14(12-27)20(28)25-17-5-6-19-15(10-17)11-24-26-19/h1-6,10-11,14,18H,7-9,12,23H2,(H,24,26)(H,25,28)/t14-,18-/m0/s1. The first-order chi connectivity index (χ1) is 14.0. The number of nitrogens with zero attached hydrogens (tertiary/aromatic N) is 2. The second kappa shape index (κ2) is 8.34. The van der Waals surface area contributed by atoms with Crippen LogP contribution in [0.25, 0.3) is 10.9 Å². The summed E-state index contributed by atoms with van der Waals surface area (Å²) in [5, 5.41) is 10.7. The number of halogens is 1. The Hall–Kier alpha value is -2.71. The van der Waals surface area contributed by atoms with E-state index in [9.17, 15) is 9.59 Å². The first-order valence-electron chi connectivity index (χ1n) is 9.52. The summed E-state index contributed by atoms with van der Waals surface area (Å²) in [7, 11) is 0. The van der Waals surface area contributed by atoms with Crippen molar-refractivity contribution in [3.8, 4) is 0 Å². The van der Waals surface area contributed by atoms with Crippen LogP contribution in [0.3, 0.4) is 0 Å². The number of hydrogen-bond donors (Lipinski definition) is 3. The molecule has 1 fully saturated rings. The van der Waals surface area contributed by atoms with Gasteiger partial charge in [0, 0.05) is 28.6 Å². The van der Waals surface area contributed by atoms with Gasteiger partial charge in [-0.25, -0.2) is 0 Å². The smallest absolute Gasteiger partial charge is 0.239 e. The SMILES string of the molecule is N[C@@H](Cc1ccc(Br)cc1)C(=O)N1CC[C@H](C(=O)Nc2ccc3[nH]ncc3c2)C1. The quantitative estimate of drug-likeness (QED) is 0.549. The summed E-state index contributed by atoms with van der Waals surface area (Å²) in [6.07, 6.45) is 2.83. The minimum absolute atomic E-state index is 0.0791. The molecule has 29 heavy (non-hydrogen) atoms. The number of hydrogen-bond acceptors (Lipinski definition) is 4. The van der Waals surface area contributed by atoms with E-state index in [-0.39, 0.29) is 17.7 Å². The van der Waals surface area contributed by atoms with Crippen LogP contribution in [-0.4, -0.2) is 46.0 Å². The van der Waals surface area contributed by atoms with Gasteiger partial charge in [0.1, 0.15) is 0 Å². The van der Waals surface area contributed by atoms with Crippen LogP contribution in [-0.2, 0) is 16.0 Å². The molecule has 8 heteroatoms.